The molecule has 0 bridgehead atoms. The summed E-state index contributed by atoms with van der Waals surface area (Å²) in [5.41, 5.74) is 2.83. The predicted octanol–water partition coefficient (Wildman–Crippen LogP) is 4.62. The van der Waals surface area contributed by atoms with Gasteiger partial charge < -0.3 is 19.5 Å². The Morgan fingerprint density at radius 3 is 2.48 bits per heavy atom. The molecule has 1 N–H and O–H groups in total. The number of phenolic OH excluding ortho intramolecular Hbond substituents is 1. The van der Waals surface area contributed by atoms with E-state index in [-0.39, 0.29) is 17.6 Å². The standard InChI is InChI=1S/C24H23NO4/c1-4-11-25-19-10-9-15-7-5-6-8-17(15)23(19)18(14-22(25)26)16-12-20(28-2)24(27)21(13-16)29-3/h4-10,12-13,18,27H,1,11,14H2,2-3H3. The number of hydrogen-bond donors (Lipinski definition) is 1. The normalized spacial score (nSPS) is 15.9. The van der Waals surface area contributed by atoms with E-state index in [4.69, 9.17) is 9.47 Å². The van der Waals surface area contributed by atoms with Crippen molar-refractivity contribution in [3.05, 3.63) is 72.3 Å². The van der Waals surface area contributed by atoms with Gasteiger partial charge in [-0.05, 0) is 40.1 Å². The van der Waals surface area contributed by atoms with Crippen LogP contribution in [0.5, 0.6) is 17.2 Å². The van der Waals surface area contributed by atoms with Gasteiger partial charge >= 0.3 is 0 Å². The molecule has 1 aliphatic rings. The fourth-order valence-electron chi connectivity index (χ4n) is 4.14. The molecule has 4 rings (SSSR count). The molecule has 3 aromatic rings. The van der Waals surface area contributed by atoms with Gasteiger partial charge in [0.05, 0.1) is 14.2 Å². The third kappa shape index (κ3) is 3.09. The number of hydrogen-bond acceptors (Lipinski definition) is 4. The molecular weight excluding hydrogens is 366 g/mol. The first-order valence-electron chi connectivity index (χ1n) is 9.46. The summed E-state index contributed by atoms with van der Waals surface area (Å²) in [6.45, 7) is 4.26. The number of ether oxygens (including phenoxy) is 2. The van der Waals surface area contributed by atoms with Crippen LogP contribution >= 0.6 is 0 Å². The molecule has 0 aromatic heterocycles. The van der Waals surface area contributed by atoms with Crippen LogP contribution in [0.1, 0.15) is 23.5 Å². The number of aromatic hydroxyl groups is 1. The Morgan fingerprint density at radius 1 is 1.14 bits per heavy atom. The highest BCUT2D eigenvalue weighted by atomic mass is 16.5. The molecule has 0 spiro atoms. The zero-order chi connectivity index (χ0) is 20.5. The highest BCUT2D eigenvalue weighted by Gasteiger charge is 2.34. The van der Waals surface area contributed by atoms with Crippen LogP contribution < -0.4 is 14.4 Å². The van der Waals surface area contributed by atoms with Crippen molar-refractivity contribution in [2.45, 2.75) is 12.3 Å². The lowest BCUT2D eigenvalue weighted by Gasteiger charge is -2.35. The zero-order valence-corrected chi connectivity index (χ0v) is 16.5. The molecule has 0 saturated heterocycles. The van der Waals surface area contributed by atoms with Crippen LogP contribution in [0.3, 0.4) is 0 Å². The van der Waals surface area contributed by atoms with E-state index < -0.39 is 0 Å². The van der Waals surface area contributed by atoms with Crippen molar-refractivity contribution >= 4 is 22.4 Å². The smallest absolute Gasteiger partial charge is 0.228 e. The molecule has 3 aromatic carbocycles. The summed E-state index contributed by atoms with van der Waals surface area (Å²) in [7, 11) is 3.00. The maximum absolute atomic E-state index is 13.0. The molecule has 0 saturated carbocycles. The molecule has 0 aliphatic carbocycles. The summed E-state index contributed by atoms with van der Waals surface area (Å²) in [5, 5.41) is 12.5. The Bertz CT molecular complexity index is 1080. The van der Waals surface area contributed by atoms with E-state index in [9.17, 15) is 9.90 Å². The second-order valence-corrected chi connectivity index (χ2v) is 7.04. The number of benzene rings is 3. The lowest BCUT2D eigenvalue weighted by atomic mass is 9.81. The minimum Gasteiger partial charge on any atom is -0.502 e. The number of carbonyl (C=O) groups excluding carboxylic acids is 1. The van der Waals surface area contributed by atoms with Crippen LogP contribution in [0, 0.1) is 0 Å². The van der Waals surface area contributed by atoms with Gasteiger partial charge in [0, 0.05) is 24.6 Å². The van der Waals surface area contributed by atoms with Gasteiger partial charge in [-0.1, -0.05) is 36.4 Å². The van der Waals surface area contributed by atoms with E-state index in [1.54, 1.807) is 23.1 Å². The van der Waals surface area contributed by atoms with Crippen molar-refractivity contribution in [2.75, 3.05) is 25.7 Å². The molecule has 1 heterocycles. The number of amides is 1. The van der Waals surface area contributed by atoms with Crippen molar-refractivity contribution < 1.29 is 19.4 Å². The number of fused-ring (bicyclic) bond motifs is 3. The summed E-state index contributed by atoms with van der Waals surface area (Å²) in [5.74, 6) is 0.438. The third-order valence-corrected chi connectivity index (χ3v) is 5.48. The zero-order valence-electron chi connectivity index (χ0n) is 16.5. The summed E-state index contributed by atoms with van der Waals surface area (Å²) in [6.07, 6.45) is 2.05. The first-order chi connectivity index (χ1) is 14.1. The molecule has 5 heteroatoms. The summed E-state index contributed by atoms with van der Waals surface area (Å²) >= 11 is 0. The molecular formula is C24H23NO4. The number of carbonyl (C=O) groups is 1. The van der Waals surface area contributed by atoms with Gasteiger partial charge in [0.15, 0.2) is 11.5 Å². The number of phenols is 1. The monoisotopic (exact) mass is 389 g/mol. The quantitative estimate of drug-likeness (QED) is 0.647. The number of nitrogens with zero attached hydrogens (tertiary/aromatic N) is 1. The van der Waals surface area contributed by atoms with Crippen LogP contribution in [-0.4, -0.2) is 31.8 Å². The number of rotatable bonds is 5. The van der Waals surface area contributed by atoms with E-state index in [0.29, 0.717) is 24.5 Å². The van der Waals surface area contributed by atoms with Gasteiger partial charge in [-0.3, -0.25) is 4.79 Å². The molecule has 1 amide bonds. The van der Waals surface area contributed by atoms with Gasteiger partial charge in [-0.15, -0.1) is 6.58 Å². The fraction of sp³-hybridized carbons (Fsp3) is 0.208. The van der Waals surface area contributed by atoms with Crippen LogP contribution in [0.2, 0.25) is 0 Å². The Hall–Kier alpha value is -3.47. The van der Waals surface area contributed by atoms with Gasteiger partial charge in [0.2, 0.25) is 11.7 Å². The molecule has 1 aliphatic heterocycles. The van der Waals surface area contributed by atoms with E-state index in [0.717, 1.165) is 27.6 Å². The largest absolute Gasteiger partial charge is 0.502 e. The molecule has 0 radical (unpaired) electrons. The Morgan fingerprint density at radius 2 is 1.83 bits per heavy atom. The maximum atomic E-state index is 13.0. The van der Waals surface area contributed by atoms with Gasteiger partial charge in [0.1, 0.15) is 0 Å². The lowest BCUT2D eigenvalue weighted by Crippen LogP contribution is -2.37. The third-order valence-electron chi connectivity index (χ3n) is 5.48. The Balaban J connectivity index is 1.99. The molecule has 5 nitrogen and oxygen atoms in total. The van der Waals surface area contributed by atoms with Crippen LogP contribution in [-0.2, 0) is 4.79 Å². The summed E-state index contributed by atoms with van der Waals surface area (Å²) in [6, 6.07) is 15.8. The summed E-state index contributed by atoms with van der Waals surface area (Å²) < 4.78 is 10.7. The average Bonchev–Trinajstić information content (AvgIpc) is 2.75. The molecule has 0 fully saturated rings. The van der Waals surface area contributed by atoms with E-state index in [1.165, 1.54) is 14.2 Å². The highest BCUT2D eigenvalue weighted by Crippen LogP contribution is 2.47. The van der Waals surface area contributed by atoms with E-state index >= 15 is 0 Å². The Labute approximate surface area is 169 Å². The minimum atomic E-state index is -0.187. The van der Waals surface area contributed by atoms with Crippen molar-refractivity contribution in [3.8, 4) is 17.2 Å². The molecule has 1 atom stereocenters. The van der Waals surface area contributed by atoms with Gasteiger partial charge in [-0.2, -0.15) is 0 Å². The maximum Gasteiger partial charge on any atom is 0.228 e. The first-order valence-corrected chi connectivity index (χ1v) is 9.46. The predicted molar refractivity (Wildman–Crippen MR) is 114 cm³/mol. The topological polar surface area (TPSA) is 59.0 Å². The van der Waals surface area contributed by atoms with Gasteiger partial charge in [-0.25, -0.2) is 0 Å². The second kappa shape index (κ2) is 7.51. The van der Waals surface area contributed by atoms with E-state index in [1.807, 2.05) is 24.3 Å². The highest BCUT2D eigenvalue weighted by molar-refractivity contribution is 6.03. The van der Waals surface area contributed by atoms with Crippen LogP contribution in [0.25, 0.3) is 10.8 Å². The SMILES string of the molecule is C=CCN1C(=O)CC(c2cc(OC)c(O)c(OC)c2)c2c1ccc1ccccc21. The van der Waals surface area contributed by atoms with Crippen molar-refractivity contribution in [1.29, 1.82) is 0 Å². The van der Waals surface area contributed by atoms with Crippen LogP contribution in [0.15, 0.2) is 61.2 Å². The molecule has 148 valence electrons. The van der Waals surface area contributed by atoms with Crippen LogP contribution in [0.4, 0.5) is 5.69 Å². The first kappa shape index (κ1) is 18.9. The average molecular weight is 389 g/mol. The Kier molecular flexibility index (Phi) is 4.89. The minimum absolute atomic E-state index is 0.0312. The fourth-order valence-corrected chi connectivity index (χ4v) is 4.14. The number of anilines is 1. The van der Waals surface area contributed by atoms with Crippen molar-refractivity contribution in [1.82, 2.24) is 0 Å². The second-order valence-electron chi connectivity index (χ2n) is 7.04. The van der Waals surface area contributed by atoms with Crippen molar-refractivity contribution in [3.63, 3.8) is 0 Å². The van der Waals surface area contributed by atoms with Crippen molar-refractivity contribution in [2.24, 2.45) is 0 Å². The van der Waals surface area contributed by atoms with E-state index in [2.05, 4.69) is 18.7 Å². The lowest BCUT2D eigenvalue weighted by molar-refractivity contribution is -0.119. The molecule has 29 heavy (non-hydrogen) atoms. The molecule has 1 unspecified atom stereocenters. The number of methoxy groups -OCH3 is 2. The van der Waals surface area contributed by atoms with Gasteiger partial charge in [0.25, 0.3) is 0 Å². The summed E-state index contributed by atoms with van der Waals surface area (Å²) in [4.78, 5) is 14.8.